The van der Waals surface area contributed by atoms with E-state index in [4.69, 9.17) is 10.5 Å². The molecule has 21 heavy (non-hydrogen) atoms. The number of halogens is 1. The molecule has 7 heteroatoms. The zero-order chi connectivity index (χ0) is 15.9. The molecule has 1 amide bonds. The third kappa shape index (κ3) is 7.84. The van der Waals surface area contributed by atoms with Crippen molar-refractivity contribution in [2.24, 2.45) is 10.7 Å². The van der Waals surface area contributed by atoms with E-state index in [1.54, 1.807) is 20.8 Å². The Bertz CT molecular complexity index is 368. The summed E-state index contributed by atoms with van der Waals surface area (Å²) in [5, 5.41) is 5.58. The molecule has 0 aromatic rings. The van der Waals surface area contributed by atoms with E-state index in [0.717, 1.165) is 25.7 Å². The van der Waals surface area contributed by atoms with Gasteiger partial charge in [0.05, 0.1) is 6.04 Å². The predicted molar refractivity (Wildman–Crippen MR) is 81.0 cm³/mol. The molecular formula is C14H27FN4O2. The van der Waals surface area contributed by atoms with E-state index in [9.17, 15) is 9.18 Å². The van der Waals surface area contributed by atoms with Crippen molar-refractivity contribution in [2.45, 2.75) is 64.1 Å². The lowest BCUT2D eigenvalue weighted by molar-refractivity contribution is 0.0562. The monoisotopic (exact) mass is 302 g/mol. The number of hydrogen-bond acceptors (Lipinski definition) is 4. The first-order chi connectivity index (χ1) is 9.80. The number of nitrogens with two attached hydrogens (primary N) is 1. The number of ether oxygens (including phenoxy) is 1. The molecule has 1 saturated carbocycles. The van der Waals surface area contributed by atoms with Crippen molar-refractivity contribution < 1.29 is 13.9 Å². The Kier molecular flexibility index (Phi) is 6.87. The Labute approximate surface area is 125 Å². The van der Waals surface area contributed by atoms with E-state index >= 15 is 0 Å². The number of rotatable bonds is 4. The Balaban J connectivity index is 2.43. The summed E-state index contributed by atoms with van der Waals surface area (Å²) in [6, 6.07) is 0.309. The smallest absolute Gasteiger partial charge is 0.414 e. The molecule has 0 heterocycles. The van der Waals surface area contributed by atoms with Crippen LogP contribution < -0.4 is 16.4 Å². The Morgan fingerprint density at radius 1 is 1.43 bits per heavy atom. The fraction of sp³-hybridized carbons (Fsp3) is 0.857. The van der Waals surface area contributed by atoms with Crippen LogP contribution in [0, 0.1) is 0 Å². The van der Waals surface area contributed by atoms with Gasteiger partial charge in [0, 0.05) is 12.6 Å². The van der Waals surface area contributed by atoms with Gasteiger partial charge >= 0.3 is 6.09 Å². The van der Waals surface area contributed by atoms with E-state index in [1.165, 1.54) is 0 Å². The quantitative estimate of drug-likeness (QED) is 0.545. The molecule has 1 aliphatic rings. The molecule has 0 aromatic heterocycles. The second-order valence-corrected chi connectivity index (χ2v) is 6.30. The Morgan fingerprint density at radius 3 is 2.76 bits per heavy atom. The number of amides is 1. The van der Waals surface area contributed by atoms with Crippen molar-refractivity contribution in [1.82, 2.24) is 10.6 Å². The van der Waals surface area contributed by atoms with Gasteiger partial charge in [-0.3, -0.25) is 5.32 Å². The standard InChI is InChI=1S/C14H27FN4O2/c1-14(2,3)21-13(20)19-12(16)18-11-6-4-5-10(9-11)17-8-7-15/h10-11,17H,4-9H2,1-3H3,(H3,16,18,19,20). The van der Waals surface area contributed by atoms with Gasteiger partial charge in [0.2, 0.25) is 0 Å². The third-order valence-corrected chi connectivity index (χ3v) is 3.12. The lowest BCUT2D eigenvalue weighted by Crippen LogP contribution is -2.42. The third-order valence-electron chi connectivity index (χ3n) is 3.12. The first-order valence-electron chi connectivity index (χ1n) is 7.43. The molecule has 4 N–H and O–H groups in total. The molecule has 1 fully saturated rings. The number of carbonyl (C=O) groups excluding carboxylic acids is 1. The van der Waals surface area contributed by atoms with Gasteiger partial charge in [-0.25, -0.2) is 14.2 Å². The summed E-state index contributed by atoms with van der Waals surface area (Å²) in [6.07, 6.45) is 3.15. The SMILES string of the molecule is CC(C)(C)OC(=O)NC(N)=NC1CCCC(NCCF)C1. The van der Waals surface area contributed by atoms with E-state index in [2.05, 4.69) is 15.6 Å². The number of carbonyl (C=O) groups is 1. The summed E-state index contributed by atoms with van der Waals surface area (Å²) in [4.78, 5) is 15.9. The molecule has 1 aliphatic carbocycles. The molecule has 0 spiro atoms. The van der Waals surface area contributed by atoms with Gasteiger partial charge in [0.1, 0.15) is 12.3 Å². The van der Waals surface area contributed by atoms with Crippen LogP contribution in [0.3, 0.4) is 0 Å². The van der Waals surface area contributed by atoms with Crippen LogP contribution in [0.1, 0.15) is 46.5 Å². The topological polar surface area (TPSA) is 88.7 Å². The second kappa shape index (κ2) is 8.17. The average Bonchev–Trinajstić information content (AvgIpc) is 2.34. The van der Waals surface area contributed by atoms with Gasteiger partial charge in [0.15, 0.2) is 5.96 Å². The van der Waals surface area contributed by atoms with Crippen molar-refractivity contribution in [3.8, 4) is 0 Å². The highest BCUT2D eigenvalue weighted by Crippen LogP contribution is 2.21. The lowest BCUT2D eigenvalue weighted by atomic mass is 9.91. The highest BCUT2D eigenvalue weighted by molar-refractivity contribution is 5.93. The Morgan fingerprint density at radius 2 is 2.14 bits per heavy atom. The van der Waals surface area contributed by atoms with Crippen molar-refractivity contribution in [2.75, 3.05) is 13.2 Å². The summed E-state index contributed by atoms with van der Waals surface area (Å²) in [6.45, 7) is 5.34. The zero-order valence-corrected chi connectivity index (χ0v) is 13.1. The summed E-state index contributed by atoms with van der Waals surface area (Å²) < 4.78 is 17.3. The molecule has 0 saturated heterocycles. The van der Waals surface area contributed by atoms with Crippen molar-refractivity contribution >= 4 is 12.1 Å². The number of hydrogen-bond donors (Lipinski definition) is 3. The van der Waals surface area contributed by atoms with Gasteiger partial charge in [-0.15, -0.1) is 0 Å². The van der Waals surface area contributed by atoms with Crippen molar-refractivity contribution in [1.29, 1.82) is 0 Å². The van der Waals surface area contributed by atoms with E-state index in [-0.39, 0.29) is 24.7 Å². The van der Waals surface area contributed by atoms with Crippen LogP contribution in [0.2, 0.25) is 0 Å². The maximum atomic E-state index is 12.2. The first kappa shape index (κ1) is 17.7. The van der Waals surface area contributed by atoms with Crippen LogP contribution in [0.4, 0.5) is 9.18 Å². The van der Waals surface area contributed by atoms with Crippen molar-refractivity contribution in [3.63, 3.8) is 0 Å². The van der Waals surface area contributed by atoms with Crippen LogP contribution in [-0.4, -0.2) is 43.0 Å². The van der Waals surface area contributed by atoms with Crippen LogP contribution in [0.25, 0.3) is 0 Å². The summed E-state index contributed by atoms with van der Waals surface area (Å²) in [7, 11) is 0. The molecule has 1 rings (SSSR count). The fourth-order valence-corrected chi connectivity index (χ4v) is 2.36. The largest absolute Gasteiger partial charge is 0.444 e. The molecule has 0 bridgehead atoms. The van der Waals surface area contributed by atoms with Crippen LogP contribution in [-0.2, 0) is 4.74 Å². The molecule has 2 atom stereocenters. The lowest BCUT2D eigenvalue weighted by Gasteiger charge is -2.27. The number of alkyl carbamates (subject to hydrolysis) is 1. The van der Waals surface area contributed by atoms with E-state index < -0.39 is 11.7 Å². The minimum absolute atomic E-state index is 0.0470. The molecule has 0 aromatic carbocycles. The second-order valence-electron chi connectivity index (χ2n) is 6.30. The molecule has 0 radical (unpaired) electrons. The number of nitrogens with one attached hydrogen (secondary N) is 2. The molecular weight excluding hydrogens is 275 g/mol. The highest BCUT2D eigenvalue weighted by Gasteiger charge is 2.22. The van der Waals surface area contributed by atoms with E-state index in [0.29, 0.717) is 6.54 Å². The predicted octanol–water partition coefficient (Wildman–Crippen LogP) is 1.70. The minimum atomic E-state index is -0.605. The van der Waals surface area contributed by atoms with Gasteiger partial charge in [-0.05, 0) is 46.5 Å². The average molecular weight is 302 g/mol. The summed E-state index contributed by atoms with van der Waals surface area (Å²) >= 11 is 0. The van der Waals surface area contributed by atoms with Crippen LogP contribution >= 0.6 is 0 Å². The fourth-order valence-electron chi connectivity index (χ4n) is 2.36. The highest BCUT2D eigenvalue weighted by atomic mass is 19.1. The molecule has 2 unspecified atom stereocenters. The van der Waals surface area contributed by atoms with Crippen LogP contribution in [0.5, 0.6) is 0 Å². The minimum Gasteiger partial charge on any atom is -0.444 e. The number of nitrogens with zero attached hydrogens (tertiary/aromatic N) is 1. The Hall–Kier alpha value is -1.37. The summed E-state index contributed by atoms with van der Waals surface area (Å²) in [5.74, 6) is 0.0698. The van der Waals surface area contributed by atoms with E-state index in [1.807, 2.05) is 0 Å². The normalized spacial score (nSPS) is 23.7. The molecule has 6 nitrogen and oxygen atoms in total. The molecule has 122 valence electrons. The van der Waals surface area contributed by atoms with Gasteiger partial charge in [-0.2, -0.15) is 0 Å². The van der Waals surface area contributed by atoms with Gasteiger partial charge < -0.3 is 15.8 Å². The van der Waals surface area contributed by atoms with Gasteiger partial charge in [0.25, 0.3) is 0 Å². The number of alkyl halides is 1. The molecule has 0 aliphatic heterocycles. The maximum absolute atomic E-state index is 12.2. The van der Waals surface area contributed by atoms with Crippen LogP contribution in [0.15, 0.2) is 4.99 Å². The first-order valence-corrected chi connectivity index (χ1v) is 7.43. The number of aliphatic imine (C=N–C) groups is 1. The van der Waals surface area contributed by atoms with Crippen molar-refractivity contribution in [3.05, 3.63) is 0 Å². The van der Waals surface area contributed by atoms with Gasteiger partial charge in [-0.1, -0.05) is 0 Å². The summed E-state index contributed by atoms with van der Waals surface area (Å²) in [5.41, 5.74) is 5.15. The number of guanidine groups is 1. The zero-order valence-electron chi connectivity index (χ0n) is 13.1. The maximum Gasteiger partial charge on any atom is 0.414 e.